The minimum absolute atomic E-state index is 0.0691. The van der Waals surface area contributed by atoms with E-state index in [0.29, 0.717) is 0 Å². The molecule has 0 aromatic heterocycles. The van der Waals surface area contributed by atoms with Gasteiger partial charge in [0.2, 0.25) is 0 Å². The minimum Gasteiger partial charge on any atom is -0.468 e. The zero-order valence-corrected chi connectivity index (χ0v) is 6.23. The molecule has 54 valence electrons. The highest BCUT2D eigenvalue weighted by atomic mass is 35.5. The summed E-state index contributed by atoms with van der Waals surface area (Å²) in [6.45, 7) is 1.52. The second kappa shape index (κ2) is 3.03. The van der Waals surface area contributed by atoms with Gasteiger partial charge in [-0.15, -0.1) is 11.6 Å². The van der Waals surface area contributed by atoms with E-state index in [1.54, 1.807) is 0 Å². The van der Waals surface area contributed by atoms with E-state index in [4.69, 9.17) is 17.3 Å². The molecule has 0 aromatic rings. The summed E-state index contributed by atoms with van der Waals surface area (Å²) in [6.07, 6.45) is 0. The Morgan fingerprint density at radius 1 is 1.89 bits per heavy atom. The standard InChI is InChI=1S/C5H10ClNO2/c1-5(7,3-6)4(8)9-2/h3,7H2,1-2H3/t5-/m0/s1. The van der Waals surface area contributed by atoms with Gasteiger partial charge in [0.15, 0.2) is 0 Å². The van der Waals surface area contributed by atoms with Gasteiger partial charge in [0.25, 0.3) is 0 Å². The molecular weight excluding hydrogens is 142 g/mol. The van der Waals surface area contributed by atoms with Gasteiger partial charge in [-0.25, -0.2) is 0 Å². The maximum Gasteiger partial charge on any atom is 0.326 e. The van der Waals surface area contributed by atoms with E-state index in [1.165, 1.54) is 14.0 Å². The lowest BCUT2D eigenvalue weighted by Gasteiger charge is -2.16. The molecule has 3 nitrogen and oxygen atoms in total. The van der Waals surface area contributed by atoms with E-state index >= 15 is 0 Å². The monoisotopic (exact) mass is 151 g/mol. The molecule has 0 radical (unpaired) electrons. The smallest absolute Gasteiger partial charge is 0.326 e. The van der Waals surface area contributed by atoms with Gasteiger partial charge in [0.1, 0.15) is 5.54 Å². The van der Waals surface area contributed by atoms with Crippen LogP contribution in [0.1, 0.15) is 6.92 Å². The molecule has 0 saturated heterocycles. The number of rotatable bonds is 2. The average Bonchev–Trinajstić information content (AvgIpc) is 1.86. The van der Waals surface area contributed by atoms with Gasteiger partial charge >= 0.3 is 5.97 Å². The first-order valence-corrected chi connectivity index (χ1v) is 3.01. The van der Waals surface area contributed by atoms with Crippen molar-refractivity contribution in [1.82, 2.24) is 0 Å². The van der Waals surface area contributed by atoms with Crippen molar-refractivity contribution in [2.45, 2.75) is 12.5 Å². The van der Waals surface area contributed by atoms with Crippen LogP contribution in [-0.2, 0) is 9.53 Å². The number of hydrogen-bond donors (Lipinski definition) is 1. The molecule has 0 spiro atoms. The van der Waals surface area contributed by atoms with Crippen LogP contribution in [-0.4, -0.2) is 24.5 Å². The molecule has 0 unspecified atom stereocenters. The van der Waals surface area contributed by atoms with Gasteiger partial charge < -0.3 is 10.5 Å². The Hall–Kier alpha value is -0.280. The molecule has 0 amide bonds. The molecule has 0 bridgehead atoms. The summed E-state index contributed by atoms with van der Waals surface area (Å²) in [7, 11) is 1.28. The van der Waals surface area contributed by atoms with E-state index in [0.717, 1.165) is 0 Å². The molecule has 0 saturated carbocycles. The first kappa shape index (κ1) is 8.72. The highest BCUT2D eigenvalue weighted by Gasteiger charge is 2.27. The van der Waals surface area contributed by atoms with Crippen molar-refractivity contribution in [1.29, 1.82) is 0 Å². The Kier molecular flexibility index (Phi) is 2.94. The van der Waals surface area contributed by atoms with Gasteiger partial charge in [0.05, 0.1) is 13.0 Å². The van der Waals surface area contributed by atoms with Crippen LogP contribution < -0.4 is 5.73 Å². The van der Waals surface area contributed by atoms with Crippen LogP contribution in [0.3, 0.4) is 0 Å². The number of halogens is 1. The molecule has 4 heteroatoms. The maximum atomic E-state index is 10.6. The molecule has 2 N–H and O–H groups in total. The summed E-state index contributed by atoms with van der Waals surface area (Å²) in [5, 5.41) is 0. The molecule has 0 aliphatic rings. The Morgan fingerprint density at radius 2 is 2.33 bits per heavy atom. The van der Waals surface area contributed by atoms with Crippen molar-refractivity contribution in [3.8, 4) is 0 Å². The summed E-state index contributed by atoms with van der Waals surface area (Å²) in [6, 6.07) is 0. The number of alkyl halides is 1. The van der Waals surface area contributed by atoms with Crippen molar-refractivity contribution >= 4 is 17.6 Å². The molecular formula is C5H10ClNO2. The van der Waals surface area contributed by atoms with Crippen molar-refractivity contribution in [2.24, 2.45) is 5.73 Å². The molecule has 1 atom stereocenters. The predicted molar refractivity (Wildman–Crippen MR) is 35.3 cm³/mol. The van der Waals surface area contributed by atoms with Crippen LogP contribution in [0.25, 0.3) is 0 Å². The second-order valence-corrected chi connectivity index (χ2v) is 2.31. The molecule has 9 heavy (non-hydrogen) atoms. The molecule has 0 rings (SSSR count). The number of ether oxygens (including phenoxy) is 1. The number of esters is 1. The van der Waals surface area contributed by atoms with Gasteiger partial charge in [-0.1, -0.05) is 0 Å². The summed E-state index contributed by atoms with van der Waals surface area (Å²) >= 11 is 5.34. The number of methoxy groups -OCH3 is 1. The first-order valence-electron chi connectivity index (χ1n) is 2.48. The normalized spacial score (nSPS) is 16.4. The van der Waals surface area contributed by atoms with Crippen LogP contribution in [0.5, 0.6) is 0 Å². The SMILES string of the molecule is COC(=O)[C@@](C)(N)CCl. The molecule has 0 aromatic carbocycles. The Bertz CT molecular complexity index is 114. The fraction of sp³-hybridized carbons (Fsp3) is 0.800. The maximum absolute atomic E-state index is 10.6. The number of carbonyl (C=O) groups is 1. The fourth-order valence-corrected chi connectivity index (χ4v) is 0.397. The highest BCUT2D eigenvalue weighted by molar-refractivity contribution is 6.20. The number of carbonyl (C=O) groups excluding carboxylic acids is 1. The fourth-order valence-electron chi connectivity index (χ4n) is 0.288. The zero-order valence-electron chi connectivity index (χ0n) is 5.48. The van der Waals surface area contributed by atoms with E-state index in [2.05, 4.69) is 4.74 Å². The Labute approximate surface area is 59.1 Å². The van der Waals surface area contributed by atoms with Crippen molar-refractivity contribution in [3.63, 3.8) is 0 Å². The van der Waals surface area contributed by atoms with E-state index in [1.807, 2.05) is 0 Å². The van der Waals surface area contributed by atoms with Crippen molar-refractivity contribution in [3.05, 3.63) is 0 Å². The third kappa shape index (κ3) is 2.20. The average molecular weight is 152 g/mol. The third-order valence-electron chi connectivity index (χ3n) is 0.929. The number of hydrogen-bond acceptors (Lipinski definition) is 3. The Balaban J connectivity index is 3.97. The van der Waals surface area contributed by atoms with Crippen LogP contribution in [0.15, 0.2) is 0 Å². The van der Waals surface area contributed by atoms with Gasteiger partial charge in [-0.05, 0) is 6.92 Å². The van der Waals surface area contributed by atoms with Crippen LogP contribution in [0, 0.1) is 0 Å². The van der Waals surface area contributed by atoms with Gasteiger partial charge in [-0.2, -0.15) is 0 Å². The lowest BCUT2D eigenvalue weighted by molar-refractivity contribution is -0.145. The minimum atomic E-state index is -1.05. The van der Waals surface area contributed by atoms with Crippen LogP contribution >= 0.6 is 11.6 Å². The molecule has 0 heterocycles. The summed E-state index contributed by atoms with van der Waals surface area (Å²) < 4.78 is 4.36. The van der Waals surface area contributed by atoms with E-state index in [-0.39, 0.29) is 5.88 Å². The quantitative estimate of drug-likeness (QED) is 0.451. The lowest BCUT2D eigenvalue weighted by Crippen LogP contribution is -2.47. The predicted octanol–water partition coefficient (Wildman–Crippen LogP) is 0.116. The van der Waals surface area contributed by atoms with Crippen LogP contribution in [0.2, 0.25) is 0 Å². The summed E-state index contributed by atoms with van der Waals surface area (Å²) in [4.78, 5) is 10.6. The summed E-state index contributed by atoms with van der Waals surface area (Å²) in [5.74, 6) is -0.419. The van der Waals surface area contributed by atoms with E-state index < -0.39 is 11.5 Å². The summed E-state index contributed by atoms with van der Waals surface area (Å²) in [5.41, 5.74) is 4.32. The van der Waals surface area contributed by atoms with Gasteiger partial charge in [-0.3, -0.25) is 4.79 Å². The second-order valence-electron chi connectivity index (χ2n) is 2.04. The lowest BCUT2D eigenvalue weighted by atomic mass is 10.1. The highest BCUT2D eigenvalue weighted by Crippen LogP contribution is 2.02. The topological polar surface area (TPSA) is 52.3 Å². The third-order valence-corrected chi connectivity index (χ3v) is 1.48. The van der Waals surface area contributed by atoms with Crippen LogP contribution in [0.4, 0.5) is 0 Å². The zero-order chi connectivity index (χ0) is 7.49. The molecule has 0 aliphatic heterocycles. The van der Waals surface area contributed by atoms with Gasteiger partial charge in [0, 0.05) is 0 Å². The first-order chi connectivity index (χ1) is 4.04. The van der Waals surface area contributed by atoms with E-state index in [9.17, 15) is 4.79 Å². The van der Waals surface area contributed by atoms with Crippen molar-refractivity contribution < 1.29 is 9.53 Å². The molecule has 0 aliphatic carbocycles. The Morgan fingerprint density at radius 3 is 2.44 bits per heavy atom. The van der Waals surface area contributed by atoms with Crippen molar-refractivity contribution in [2.75, 3.05) is 13.0 Å². The largest absolute Gasteiger partial charge is 0.468 e. The molecule has 0 fully saturated rings. The number of nitrogens with two attached hydrogens (primary N) is 1.